The molecule has 174 valence electrons. The minimum absolute atomic E-state index is 0.0555. The third kappa shape index (κ3) is 4.21. The molecule has 0 saturated carbocycles. The van der Waals surface area contributed by atoms with Gasteiger partial charge in [-0.15, -0.1) is 52.1 Å². The molecule has 3 heterocycles. The molecule has 1 aromatic carbocycles. The van der Waals surface area contributed by atoms with Crippen molar-refractivity contribution in [3.8, 4) is 0 Å². The van der Waals surface area contributed by atoms with E-state index in [2.05, 4.69) is 13.8 Å². The van der Waals surface area contributed by atoms with Crippen LogP contribution in [0.4, 0.5) is 0 Å². The van der Waals surface area contributed by atoms with Crippen LogP contribution in [0.15, 0.2) is 24.3 Å². The first-order valence-corrected chi connectivity index (χ1v) is 14.6. The second-order valence-corrected chi connectivity index (χ2v) is 14.8. The van der Waals surface area contributed by atoms with E-state index in [-0.39, 0.29) is 18.4 Å². The smallest absolute Gasteiger partial charge is 0.363 e. The van der Waals surface area contributed by atoms with Crippen molar-refractivity contribution in [2.24, 2.45) is 0 Å². The van der Waals surface area contributed by atoms with Crippen LogP contribution in [0.2, 0.25) is 0 Å². The molecule has 0 atom stereocenters. The van der Waals surface area contributed by atoms with Crippen LogP contribution in [-0.4, -0.2) is 59.1 Å². The maximum atomic E-state index is 12.5. The predicted octanol–water partition coefficient (Wildman–Crippen LogP) is 4.27. The summed E-state index contributed by atoms with van der Waals surface area (Å²) in [7, 11) is 0. The minimum atomic E-state index is -1.14. The number of carbonyl (C=O) groups is 3. The van der Waals surface area contributed by atoms with Crippen LogP contribution in [0.5, 0.6) is 0 Å². The van der Waals surface area contributed by atoms with Gasteiger partial charge in [-0.25, -0.2) is 4.79 Å². The molecule has 0 spiro atoms. The number of nitrogens with zero attached hydrogens (tertiary/aromatic N) is 1. The number of amides is 2. The Balaban J connectivity index is 1.64. The molecule has 3 aliphatic rings. The van der Waals surface area contributed by atoms with E-state index < -0.39 is 31.5 Å². The van der Waals surface area contributed by atoms with Gasteiger partial charge in [-0.05, 0) is 67.4 Å². The number of carbonyl (C=O) groups excluding carboxylic acids is 3. The zero-order valence-corrected chi connectivity index (χ0v) is 21.4. The highest BCUT2D eigenvalue weighted by Gasteiger charge is 2.61. The Morgan fingerprint density at radius 1 is 0.906 bits per heavy atom. The first-order chi connectivity index (χ1) is 15.2. The van der Waals surface area contributed by atoms with Gasteiger partial charge in [0.15, 0.2) is 0 Å². The summed E-state index contributed by atoms with van der Waals surface area (Å²) in [5, 5.41) is 13.0. The zero-order chi connectivity index (χ0) is 23.0. The molecule has 0 bridgehead atoms. The Bertz CT molecular complexity index is 854. The quantitative estimate of drug-likeness (QED) is 0.580. The first kappa shape index (κ1) is 24.3. The van der Waals surface area contributed by atoms with Crippen molar-refractivity contribution in [1.29, 1.82) is 0 Å². The van der Waals surface area contributed by atoms with Crippen LogP contribution in [-0.2, 0) is 20.0 Å². The Kier molecular flexibility index (Phi) is 7.18. The van der Waals surface area contributed by atoms with E-state index in [1.165, 1.54) is 0 Å². The molecule has 3 aliphatic heterocycles. The van der Waals surface area contributed by atoms with E-state index in [0.29, 0.717) is 5.06 Å². The summed E-state index contributed by atoms with van der Waals surface area (Å²) < 4.78 is -0.874. The highest BCUT2D eigenvalue weighted by atomic mass is 32.2. The SMILES string of the molecule is CC1(C(O)(c2ccc(C(=O)ON3C(=O)CCC3=O)cc2)C2(C)SCCCS2)SCCCS1. The molecular formula is C22H27NO5S4. The van der Waals surface area contributed by atoms with E-state index in [1.807, 2.05) is 0 Å². The van der Waals surface area contributed by atoms with Gasteiger partial charge < -0.3 is 9.94 Å². The molecule has 10 heteroatoms. The van der Waals surface area contributed by atoms with E-state index in [0.717, 1.165) is 41.4 Å². The van der Waals surface area contributed by atoms with Gasteiger partial charge in [0.1, 0.15) is 5.60 Å². The number of hydroxylamine groups is 2. The number of rotatable bonds is 5. The normalized spacial score (nSPS) is 23.3. The third-order valence-corrected chi connectivity index (χ3v) is 12.9. The molecule has 0 radical (unpaired) electrons. The second kappa shape index (κ2) is 9.44. The Hall–Kier alpha value is -0.810. The van der Waals surface area contributed by atoms with Gasteiger partial charge in [-0.2, -0.15) is 0 Å². The molecule has 6 nitrogen and oxygen atoms in total. The number of thioether (sulfide) groups is 4. The number of benzene rings is 1. The minimum Gasteiger partial charge on any atom is -0.380 e. The predicted molar refractivity (Wildman–Crippen MR) is 133 cm³/mol. The number of hydrogen-bond donors (Lipinski definition) is 1. The van der Waals surface area contributed by atoms with Gasteiger partial charge in [0.25, 0.3) is 11.8 Å². The molecule has 0 unspecified atom stereocenters. The molecule has 32 heavy (non-hydrogen) atoms. The van der Waals surface area contributed by atoms with Crippen molar-refractivity contribution >= 4 is 64.8 Å². The molecule has 3 fully saturated rings. The summed E-state index contributed by atoms with van der Waals surface area (Å²) in [6, 6.07) is 6.78. The standard InChI is InChI=1S/C22H27NO5S4/c1-20(29-11-3-12-30-20)22(27,21(2)31-13-4-14-32-21)16-7-5-15(6-8-16)19(26)28-23-17(24)9-10-18(23)25/h5-8,27H,3-4,9-14H2,1-2H3. The van der Waals surface area contributed by atoms with Crippen LogP contribution >= 0.6 is 47.0 Å². The van der Waals surface area contributed by atoms with E-state index in [1.54, 1.807) is 71.3 Å². The first-order valence-electron chi connectivity index (χ1n) is 10.7. The van der Waals surface area contributed by atoms with Crippen molar-refractivity contribution in [2.45, 2.75) is 53.3 Å². The summed E-state index contributed by atoms with van der Waals surface area (Å²) in [6.07, 6.45) is 2.35. The molecule has 0 aliphatic carbocycles. The molecule has 3 saturated heterocycles. The van der Waals surface area contributed by atoms with Gasteiger partial charge in [0.05, 0.1) is 13.7 Å². The Morgan fingerprint density at radius 3 is 1.78 bits per heavy atom. The summed E-state index contributed by atoms with van der Waals surface area (Å²) in [5.74, 6) is 2.22. The van der Waals surface area contributed by atoms with Crippen LogP contribution in [0.3, 0.4) is 0 Å². The molecule has 1 aromatic rings. The molecular weight excluding hydrogens is 487 g/mol. The van der Waals surface area contributed by atoms with E-state index in [4.69, 9.17) is 4.84 Å². The molecule has 4 rings (SSSR count). The lowest BCUT2D eigenvalue weighted by Gasteiger charge is -2.55. The van der Waals surface area contributed by atoms with Crippen molar-refractivity contribution in [3.63, 3.8) is 0 Å². The maximum absolute atomic E-state index is 12.5. The average Bonchev–Trinajstić information content (AvgIpc) is 3.11. The van der Waals surface area contributed by atoms with Gasteiger partial charge in [-0.1, -0.05) is 12.1 Å². The van der Waals surface area contributed by atoms with Crippen LogP contribution < -0.4 is 0 Å². The van der Waals surface area contributed by atoms with Crippen molar-refractivity contribution in [1.82, 2.24) is 5.06 Å². The lowest BCUT2D eigenvalue weighted by molar-refractivity contribution is -0.172. The third-order valence-electron chi connectivity index (χ3n) is 6.12. The van der Waals surface area contributed by atoms with E-state index >= 15 is 0 Å². The fraction of sp³-hybridized carbons (Fsp3) is 0.591. The zero-order valence-electron chi connectivity index (χ0n) is 18.1. The lowest BCUT2D eigenvalue weighted by atomic mass is 9.86. The molecule has 1 N–H and O–H groups in total. The molecule has 0 aromatic heterocycles. The van der Waals surface area contributed by atoms with Crippen LogP contribution in [0.1, 0.15) is 55.5 Å². The maximum Gasteiger partial charge on any atom is 0.363 e. The summed E-state index contributed by atoms with van der Waals surface area (Å²) in [6.45, 7) is 4.27. The highest BCUT2D eigenvalue weighted by Crippen LogP contribution is 2.64. The lowest BCUT2D eigenvalue weighted by Crippen LogP contribution is -2.58. The molecule has 2 amide bonds. The highest BCUT2D eigenvalue weighted by molar-refractivity contribution is 8.20. The van der Waals surface area contributed by atoms with E-state index in [9.17, 15) is 19.5 Å². The fourth-order valence-corrected chi connectivity index (χ4v) is 11.4. The van der Waals surface area contributed by atoms with Crippen LogP contribution in [0.25, 0.3) is 0 Å². The van der Waals surface area contributed by atoms with Gasteiger partial charge >= 0.3 is 5.97 Å². The van der Waals surface area contributed by atoms with Crippen molar-refractivity contribution in [3.05, 3.63) is 35.4 Å². The summed E-state index contributed by atoms with van der Waals surface area (Å²) >= 11 is 7.22. The topological polar surface area (TPSA) is 83.9 Å². The van der Waals surface area contributed by atoms with Crippen molar-refractivity contribution < 1.29 is 24.3 Å². The fourth-order valence-electron chi connectivity index (χ4n) is 4.26. The number of aliphatic hydroxyl groups is 1. The average molecular weight is 514 g/mol. The second-order valence-electron chi connectivity index (χ2n) is 8.24. The van der Waals surface area contributed by atoms with Gasteiger partial charge in [0.2, 0.25) is 0 Å². The Labute approximate surface area is 205 Å². The number of imide groups is 1. The monoisotopic (exact) mass is 513 g/mol. The largest absolute Gasteiger partial charge is 0.380 e. The summed E-state index contributed by atoms with van der Waals surface area (Å²) in [5.41, 5.74) is -0.155. The van der Waals surface area contributed by atoms with Crippen LogP contribution in [0, 0.1) is 0 Å². The van der Waals surface area contributed by atoms with Gasteiger partial charge in [0, 0.05) is 12.8 Å². The summed E-state index contributed by atoms with van der Waals surface area (Å²) in [4.78, 5) is 41.1. The van der Waals surface area contributed by atoms with Gasteiger partial charge in [-0.3, -0.25) is 9.59 Å². The van der Waals surface area contributed by atoms with Crippen molar-refractivity contribution in [2.75, 3.05) is 23.0 Å². The Morgan fingerprint density at radius 2 is 1.34 bits per heavy atom. The number of hydrogen-bond acceptors (Lipinski definition) is 9.